The normalized spacial score (nSPS) is 13.7. The molecule has 0 bridgehead atoms. The minimum absolute atomic E-state index is 0.269. The van der Waals surface area contributed by atoms with Gasteiger partial charge < -0.3 is 14.1 Å². The molecule has 0 saturated heterocycles. The number of amides is 1. The van der Waals surface area contributed by atoms with Crippen molar-refractivity contribution < 1.29 is 18.3 Å². The van der Waals surface area contributed by atoms with Crippen LogP contribution in [-0.2, 0) is 17.7 Å². The van der Waals surface area contributed by atoms with Crippen molar-refractivity contribution in [3.8, 4) is 16.8 Å². The first-order chi connectivity index (χ1) is 16.6. The Bertz CT molecular complexity index is 1510. The summed E-state index contributed by atoms with van der Waals surface area (Å²) < 4.78 is 27.5. The number of ether oxygens (including phenoxy) is 1. The van der Waals surface area contributed by atoms with Gasteiger partial charge in [-0.25, -0.2) is 9.18 Å². The second-order valence-electron chi connectivity index (χ2n) is 9.94. The van der Waals surface area contributed by atoms with Crippen molar-refractivity contribution in [2.75, 3.05) is 6.54 Å². The Balaban J connectivity index is 1.45. The Hall–Kier alpha value is -3.87. The van der Waals surface area contributed by atoms with Crippen LogP contribution in [0.1, 0.15) is 37.7 Å². The summed E-state index contributed by atoms with van der Waals surface area (Å²) in [5.74, 6) is 0.486. The minimum Gasteiger partial charge on any atom is -0.461 e. The number of fused-ring (bicyclic) bond motifs is 3. The van der Waals surface area contributed by atoms with Gasteiger partial charge in [-0.15, -0.1) is 0 Å². The summed E-state index contributed by atoms with van der Waals surface area (Å²) in [6.07, 6.45) is 1.89. The highest BCUT2D eigenvalue weighted by molar-refractivity contribution is 5.85. The first-order valence-electron chi connectivity index (χ1n) is 11.6. The molecule has 0 N–H and O–H groups in total. The molecule has 0 fully saturated rings. The van der Waals surface area contributed by atoms with Gasteiger partial charge in [0.2, 0.25) is 0 Å². The lowest BCUT2D eigenvalue weighted by molar-refractivity contribution is 0.0220. The second-order valence-corrected chi connectivity index (χ2v) is 9.94. The van der Waals surface area contributed by atoms with Gasteiger partial charge in [0, 0.05) is 47.8 Å². The molecule has 35 heavy (non-hydrogen) atoms. The molecule has 2 aromatic heterocycles. The predicted molar refractivity (Wildman–Crippen MR) is 132 cm³/mol. The van der Waals surface area contributed by atoms with E-state index < -0.39 is 5.60 Å². The van der Waals surface area contributed by atoms with Crippen LogP contribution in [0.2, 0.25) is 0 Å². The summed E-state index contributed by atoms with van der Waals surface area (Å²) in [6, 6.07) is 13.7. The van der Waals surface area contributed by atoms with Crippen LogP contribution in [0, 0.1) is 12.7 Å². The zero-order valence-corrected chi connectivity index (χ0v) is 20.2. The zero-order chi connectivity index (χ0) is 24.9. The summed E-state index contributed by atoms with van der Waals surface area (Å²) in [6.45, 7) is 8.30. The van der Waals surface area contributed by atoms with Crippen molar-refractivity contribution in [2.45, 2.75) is 46.3 Å². The van der Waals surface area contributed by atoms with E-state index in [4.69, 9.17) is 9.15 Å². The van der Waals surface area contributed by atoms with Gasteiger partial charge in [0.05, 0.1) is 12.2 Å². The Labute approximate surface area is 202 Å². The maximum Gasteiger partial charge on any atom is 0.410 e. The number of furan rings is 1. The molecule has 7 heteroatoms. The smallest absolute Gasteiger partial charge is 0.410 e. The fourth-order valence-corrected chi connectivity index (χ4v) is 4.42. The Morgan fingerprint density at radius 3 is 2.60 bits per heavy atom. The molecule has 1 amide bonds. The van der Waals surface area contributed by atoms with Crippen LogP contribution in [0.4, 0.5) is 9.18 Å². The standard InChI is InChI=1S/C28H27FN2O4/c1-17-5-7-20(23(29)13-17)18-9-12-31(26(32)14-18)19-6-8-21-22-16-30(27(33)35-28(2,3)4)11-10-24(22)34-25(21)15-19/h5-9,12-15H,10-11,16H2,1-4H3. The third-order valence-electron chi connectivity index (χ3n) is 6.10. The Morgan fingerprint density at radius 1 is 1.09 bits per heavy atom. The Morgan fingerprint density at radius 2 is 1.89 bits per heavy atom. The Kier molecular flexibility index (Phi) is 5.50. The van der Waals surface area contributed by atoms with Gasteiger partial charge in [-0.05, 0) is 63.1 Å². The molecule has 3 heterocycles. The van der Waals surface area contributed by atoms with Gasteiger partial charge >= 0.3 is 6.09 Å². The van der Waals surface area contributed by atoms with Gasteiger partial charge in [-0.2, -0.15) is 0 Å². The number of hydrogen-bond acceptors (Lipinski definition) is 4. The van der Waals surface area contributed by atoms with Crippen LogP contribution in [-0.4, -0.2) is 27.7 Å². The van der Waals surface area contributed by atoms with Gasteiger partial charge in [-0.1, -0.05) is 12.1 Å². The van der Waals surface area contributed by atoms with Crippen LogP contribution < -0.4 is 5.56 Å². The van der Waals surface area contributed by atoms with Crippen molar-refractivity contribution in [3.63, 3.8) is 0 Å². The molecule has 2 aromatic carbocycles. The highest BCUT2D eigenvalue weighted by Crippen LogP contribution is 2.32. The zero-order valence-electron chi connectivity index (χ0n) is 20.2. The summed E-state index contributed by atoms with van der Waals surface area (Å²) in [4.78, 5) is 27.1. The fourth-order valence-electron chi connectivity index (χ4n) is 4.42. The highest BCUT2D eigenvalue weighted by Gasteiger charge is 2.29. The van der Waals surface area contributed by atoms with Gasteiger partial charge in [0.25, 0.3) is 5.56 Å². The van der Waals surface area contributed by atoms with Crippen molar-refractivity contribution in [1.82, 2.24) is 9.47 Å². The molecule has 0 saturated carbocycles. The molecular weight excluding hydrogens is 447 g/mol. The minimum atomic E-state index is -0.557. The summed E-state index contributed by atoms with van der Waals surface area (Å²) in [7, 11) is 0. The van der Waals surface area contributed by atoms with E-state index >= 15 is 0 Å². The van der Waals surface area contributed by atoms with E-state index in [0.717, 1.165) is 22.3 Å². The van der Waals surface area contributed by atoms with Crippen LogP contribution in [0.3, 0.4) is 0 Å². The molecule has 5 rings (SSSR count). The molecule has 1 aliphatic heterocycles. The first-order valence-corrected chi connectivity index (χ1v) is 11.6. The lowest BCUT2D eigenvalue weighted by Crippen LogP contribution is -2.39. The predicted octanol–water partition coefficient (Wildman–Crippen LogP) is 5.99. The van der Waals surface area contributed by atoms with E-state index in [0.29, 0.717) is 41.9 Å². The summed E-state index contributed by atoms with van der Waals surface area (Å²) >= 11 is 0. The average Bonchev–Trinajstić information content (AvgIpc) is 3.15. The van der Waals surface area contributed by atoms with E-state index in [9.17, 15) is 14.0 Å². The SMILES string of the molecule is Cc1ccc(-c2ccn(-c3ccc4c5c(oc4c3)CCN(C(=O)OC(C)(C)C)C5)c(=O)c2)c(F)c1. The highest BCUT2D eigenvalue weighted by atomic mass is 19.1. The molecular formula is C28H27FN2O4. The van der Waals surface area contributed by atoms with E-state index in [1.54, 1.807) is 23.2 Å². The van der Waals surface area contributed by atoms with Gasteiger partial charge in [0.15, 0.2) is 0 Å². The topological polar surface area (TPSA) is 64.7 Å². The number of nitrogens with zero attached hydrogens (tertiary/aromatic N) is 2. The summed E-state index contributed by atoms with van der Waals surface area (Å²) in [5.41, 5.74) is 3.18. The quantitative estimate of drug-likeness (QED) is 0.358. The number of carbonyl (C=O) groups excluding carboxylic acids is 1. The monoisotopic (exact) mass is 474 g/mol. The van der Waals surface area contributed by atoms with Crippen molar-refractivity contribution in [3.05, 3.63) is 87.8 Å². The molecule has 0 aliphatic carbocycles. The number of aromatic nitrogens is 1. The van der Waals surface area contributed by atoms with E-state index in [1.165, 1.54) is 16.7 Å². The number of aryl methyl sites for hydroxylation is 1. The second kappa shape index (κ2) is 8.41. The van der Waals surface area contributed by atoms with Crippen molar-refractivity contribution >= 4 is 17.1 Å². The number of benzene rings is 2. The van der Waals surface area contributed by atoms with Crippen LogP contribution in [0.25, 0.3) is 27.8 Å². The molecule has 180 valence electrons. The van der Waals surface area contributed by atoms with E-state index in [1.807, 2.05) is 52.0 Å². The molecule has 6 nitrogen and oxygen atoms in total. The number of pyridine rings is 1. The number of rotatable bonds is 2. The summed E-state index contributed by atoms with van der Waals surface area (Å²) in [5, 5.41) is 0.906. The maximum atomic E-state index is 14.4. The third-order valence-corrected chi connectivity index (χ3v) is 6.10. The maximum absolute atomic E-state index is 14.4. The van der Waals surface area contributed by atoms with Gasteiger partial charge in [-0.3, -0.25) is 9.36 Å². The lowest BCUT2D eigenvalue weighted by atomic mass is 10.0. The largest absolute Gasteiger partial charge is 0.461 e. The molecule has 0 unspecified atom stereocenters. The number of hydrogen-bond donors (Lipinski definition) is 0. The fraction of sp³-hybridized carbons (Fsp3) is 0.286. The number of carbonyl (C=O) groups is 1. The third kappa shape index (κ3) is 4.46. The average molecular weight is 475 g/mol. The first kappa shape index (κ1) is 22.9. The van der Waals surface area contributed by atoms with E-state index in [-0.39, 0.29) is 17.5 Å². The van der Waals surface area contributed by atoms with Crippen molar-refractivity contribution in [2.24, 2.45) is 0 Å². The van der Waals surface area contributed by atoms with Gasteiger partial charge in [0.1, 0.15) is 22.8 Å². The lowest BCUT2D eigenvalue weighted by Gasteiger charge is -2.29. The number of halogens is 1. The molecule has 4 aromatic rings. The van der Waals surface area contributed by atoms with Crippen molar-refractivity contribution in [1.29, 1.82) is 0 Å². The van der Waals surface area contributed by atoms with E-state index in [2.05, 4.69) is 0 Å². The molecule has 1 aliphatic rings. The van der Waals surface area contributed by atoms with Crippen LogP contribution in [0.15, 0.2) is 63.9 Å². The molecule has 0 atom stereocenters. The molecule has 0 radical (unpaired) electrons. The van der Waals surface area contributed by atoms with Crippen LogP contribution in [0.5, 0.6) is 0 Å². The van der Waals surface area contributed by atoms with Crippen LogP contribution >= 0.6 is 0 Å². The molecule has 0 spiro atoms.